The van der Waals surface area contributed by atoms with E-state index in [1.54, 1.807) is 0 Å². The van der Waals surface area contributed by atoms with Crippen molar-refractivity contribution in [1.82, 2.24) is 0 Å². The number of sulfonamides is 1. The fourth-order valence-corrected chi connectivity index (χ4v) is 4.05. The van der Waals surface area contributed by atoms with Gasteiger partial charge in [0.2, 0.25) is 10.0 Å². The van der Waals surface area contributed by atoms with Crippen molar-refractivity contribution < 1.29 is 30.4 Å². The largest absolute Gasteiger partial charge is 0.416 e. The Labute approximate surface area is 171 Å². The smallest absolute Gasteiger partial charge is 0.350 e. The second-order valence-corrected chi connectivity index (χ2v) is 8.64. The van der Waals surface area contributed by atoms with Gasteiger partial charge >= 0.3 is 6.18 Å². The number of hydrogen-bond acceptors (Lipinski definition) is 3. The summed E-state index contributed by atoms with van der Waals surface area (Å²) in [6, 6.07) is 4.22. The Hall–Kier alpha value is -1.59. The molecule has 2 N–H and O–H groups in total. The van der Waals surface area contributed by atoms with Crippen molar-refractivity contribution >= 4 is 54.6 Å². The molecule has 2 aromatic carbocycles. The van der Waals surface area contributed by atoms with Crippen LogP contribution in [0.25, 0.3) is 0 Å². The summed E-state index contributed by atoms with van der Waals surface area (Å²) in [4.78, 5) is 0. The van der Waals surface area contributed by atoms with Crippen LogP contribution in [-0.4, -0.2) is 20.1 Å². The van der Waals surface area contributed by atoms with Gasteiger partial charge in [0.1, 0.15) is 5.69 Å². The highest BCUT2D eigenvalue weighted by molar-refractivity contribution is 9.10. The maximum Gasteiger partial charge on any atom is 0.416 e. The zero-order valence-corrected chi connectivity index (χ0v) is 17.0. The van der Waals surface area contributed by atoms with Crippen LogP contribution in [0.2, 0.25) is 0 Å². The monoisotopic (exact) mass is 506 g/mol. The summed E-state index contributed by atoms with van der Waals surface area (Å²) in [7, 11) is -3.90. The lowest BCUT2D eigenvalue weighted by molar-refractivity contribution is -0.137. The highest BCUT2D eigenvalue weighted by Crippen LogP contribution is 2.37. The highest BCUT2D eigenvalue weighted by atomic mass is 79.9. The van der Waals surface area contributed by atoms with Crippen molar-refractivity contribution in [3.05, 3.63) is 52.0 Å². The predicted molar refractivity (Wildman–Crippen MR) is 102 cm³/mol. The van der Waals surface area contributed by atoms with Gasteiger partial charge in [-0.1, -0.05) is 0 Å². The van der Waals surface area contributed by atoms with E-state index in [-0.39, 0.29) is 33.9 Å². The van der Waals surface area contributed by atoms with Crippen LogP contribution in [0.15, 0.2) is 34.8 Å². The molecule has 0 spiro atoms. The summed E-state index contributed by atoms with van der Waals surface area (Å²) in [6.45, 7) is 0. The molecule has 0 saturated carbocycles. The number of benzene rings is 2. The van der Waals surface area contributed by atoms with Crippen LogP contribution in [0.1, 0.15) is 12.0 Å². The van der Waals surface area contributed by atoms with E-state index in [9.17, 15) is 30.4 Å². The Morgan fingerprint density at radius 3 is 2.29 bits per heavy atom. The van der Waals surface area contributed by atoms with Crippen molar-refractivity contribution in [2.24, 2.45) is 0 Å². The van der Waals surface area contributed by atoms with E-state index < -0.39 is 39.1 Å². The summed E-state index contributed by atoms with van der Waals surface area (Å²) in [5.74, 6) is -2.93. The molecule has 0 saturated heterocycles. The number of nitrogens with one attached hydrogen (secondary N) is 2. The first-order valence-electron chi connectivity index (χ1n) is 7.63. The zero-order valence-electron chi connectivity index (χ0n) is 13.9. The number of halogens is 7. The second-order valence-electron chi connectivity index (χ2n) is 5.56. The average molecular weight is 508 g/mol. The molecule has 0 amide bonds. The van der Waals surface area contributed by atoms with E-state index in [0.717, 1.165) is 30.3 Å². The molecule has 0 aliphatic carbocycles. The normalized spacial score (nSPS) is 12.1. The van der Waals surface area contributed by atoms with Gasteiger partial charge < -0.3 is 5.32 Å². The number of alkyl halides is 4. The third-order valence-corrected chi connectivity index (χ3v) is 5.74. The molecule has 0 aliphatic rings. The third kappa shape index (κ3) is 5.71. The summed E-state index contributed by atoms with van der Waals surface area (Å²) in [5, 5.41) is 2.43. The summed E-state index contributed by atoms with van der Waals surface area (Å²) in [5.41, 5.74) is -1.86. The lowest BCUT2D eigenvalue weighted by Crippen LogP contribution is -2.18. The van der Waals surface area contributed by atoms with Crippen molar-refractivity contribution in [1.29, 1.82) is 0 Å². The molecule has 0 heterocycles. The van der Waals surface area contributed by atoms with Crippen molar-refractivity contribution in [3.63, 3.8) is 0 Å². The van der Waals surface area contributed by atoms with Crippen molar-refractivity contribution in [3.8, 4) is 0 Å². The summed E-state index contributed by atoms with van der Waals surface area (Å²) < 4.78 is 92.3. The van der Waals surface area contributed by atoms with E-state index in [1.807, 2.05) is 0 Å². The minimum absolute atomic E-state index is 0.0290. The molecule has 28 heavy (non-hydrogen) atoms. The molecule has 154 valence electrons. The number of hydrogen-bond donors (Lipinski definition) is 2. The predicted octanol–water partition coefficient (Wildman–Crippen LogP) is 5.86. The first-order valence-corrected chi connectivity index (χ1v) is 10.6. The lowest BCUT2D eigenvalue weighted by atomic mass is 10.2. The van der Waals surface area contributed by atoms with Crippen LogP contribution in [0.4, 0.5) is 39.0 Å². The van der Waals surface area contributed by atoms with Gasteiger partial charge in [-0.25, -0.2) is 17.2 Å². The third-order valence-electron chi connectivity index (χ3n) is 3.46. The van der Waals surface area contributed by atoms with Gasteiger partial charge in [0.25, 0.3) is 0 Å². The molecular formula is C16H13BrClF5N2O2S. The van der Waals surface area contributed by atoms with Crippen LogP contribution in [0, 0.1) is 11.6 Å². The van der Waals surface area contributed by atoms with Crippen LogP contribution in [-0.2, 0) is 16.2 Å². The molecule has 0 unspecified atom stereocenters. The summed E-state index contributed by atoms with van der Waals surface area (Å²) >= 11 is 8.39. The minimum atomic E-state index is -4.59. The molecule has 2 aromatic rings. The molecule has 12 heteroatoms. The molecule has 0 bridgehead atoms. The van der Waals surface area contributed by atoms with Crippen molar-refractivity contribution in [2.75, 3.05) is 21.7 Å². The molecule has 0 radical (unpaired) electrons. The fraction of sp³-hybridized carbons (Fsp3) is 0.250. The van der Waals surface area contributed by atoms with Gasteiger partial charge in [0.05, 0.1) is 22.7 Å². The quantitative estimate of drug-likeness (QED) is 0.365. The summed E-state index contributed by atoms with van der Waals surface area (Å²) in [6.07, 6.45) is -4.46. The lowest BCUT2D eigenvalue weighted by Gasteiger charge is -2.17. The molecular weight excluding hydrogens is 495 g/mol. The van der Waals surface area contributed by atoms with Crippen LogP contribution >= 0.6 is 27.5 Å². The number of anilines is 3. The molecule has 0 fully saturated rings. The maximum atomic E-state index is 14.3. The minimum Gasteiger partial charge on any atom is -0.350 e. The van der Waals surface area contributed by atoms with E-state index >= 15 is 0 Å². The molecule has 0 atom stereocenters. The molecule has 0 aromatic heterocycles. The number of rotatable bonds is 7. The van der Waals surface area contributed by atoms with Crippen molar-refractivity contribution in [2.45, 2.75) is 12.6 Å². The SMILES string of the molecule is O=S(=O)(CCCCl)Nc1ccc(F)c(F)c1Nc1ccc(C(F)(F)F)cc1Br. The standard InChI is InChI=1S/C16H13BrClF5N2O2S/c17-10-8-9(16(21,22)23)2-4-12(10)24-15-13(5-3-11(19)14(15)20)25-28(26,27)7-1-6-18/h2-5,8,24-25H,1,6-7H2. The van der Waals surface area contributed by atoms with E-state index in [2.05, 4.69) is 26.0 Å². The van der Waals surface area contributed by atoms with Gasteiger partial charge in [0, 0.05) is 10.4 Å². The fourth-order valence-electron chi connectivity index (χ4n) is 2.15. The first kappa shape index (κ1) is 22.7. The van der Waals surface area contributed by atoms with Gasteiger partial charge in [-0.05, 0) is 52.7 Å². The zero-order chi connectivity index (χ0) is 21.1. The highest BCUT2D eigenvalue weighted by Gasteiger charge is 2.31. The Kier molecular flexibility index (Phi) is 7.16. The van der Waals surface area contributed by atoms with Crippen LogP contribution < -0.4 is 10.0 Å². The second kappa shape index (κ2) is 8.83. The Morgan fingerprint density at radius 2 is 1.71 bits per heavy atom. The van der Waals surface area contributed by atoms with Crippen LogP contribution in [0.5, 0.6) is 0 Å². The van der Waals surface area contributed by atoms with Gasteiger partial charge in [0.15, 0.2) is 11.6 Å². The van der Waals surface area contributed by atoms with E-state index in [4.69, 9.17) is 11.6 Å². The maximum absolute atomic E-state index is 14.3. The Bertz CT molecular complexity index is 970. The van der Waals surface area contributed by atoms with Crippen LogP contribution in [0.3, 0.4) is 0 Å². The average Bonchev–Trinajstić information content (AvgIpc) is 2.60. The molecule has 2 rings (SSSR count). The molecule has 0 aliphatic heterocycles. The Balaban J connectivity index is 2.41. The topological polar surface area (TPSA) is 58.2 Å². The first-order chi connectivity index (χ1) is 12.9. The van der Waals surface area contributed by atoms with Gasteiger partial charge in [-0.2, -0.15) is 13.2 Å². The van der Waals surface area contributed by atoms with Gasteiger partial charge in [-0.15, -0.1) is 11.6 Å². The molecule has 4 nitrogen and oxygen atoms in total. The van der Waals surface area contributed by atoms with E-state index in [1.165, 1.54) is 0 Å². The van der Waals surface area contributed by atoms with Gasteiger partial charge in [-0.3, -0.25) is 4.72 Å². The Morgan fingerprint density at radius 1 is 1.07 bits per heavy atom. The van der Waals surface area contributed by atoms with E-state index in [0.29, 0.717) is 0 Å².